The minimum absolute atomic E-state index is 0.482. The fourth-order valence-corrected chi connectivity index (χ4v) is 3.05. The van der Waals surface area contributed by atoms with Gasteiger partial charge in [0.05, 0.1) is 0 Å². The second-order valence-corrected chi connectivity index (χ2v) is 6.44. The lowest BCUT2D eigenvalue weighted by Gasteiger charge is -2.27. The van der Waals surface area contributed by atoms with Crippen LogP contribution in [0.4, 0.5) is 0 Å². The van der Waals surface area contributed by atoms with E-state index in [4.69, 9.17) is 0 Å². The van der Waals surface area contributed by atoms with Gasteiger partial charge in [-0.2, -0.15) is 0 Å². The molecule has 1 aromatic carbocycles. The van der Waals surface area contributed by atoms with E-state index in [1.54, 1.807) is 0 Å². The summed E-state index contributed by atoms with van der Waals surface area (Å²) in [5, 5.41) is 3.64. The van der Waals surface area contributed by atoms with Crippen LogP contribution in [-0.4, -0.2) is 37.1 Å². The van der Waals surface area contributed by atoms with Gasteiger partial charge >= 0.3 is 0 Å². The molecule has 134 valence electrons. The molecular formula is C23H32N2. The quantitative estimate of drug-likeness (QED) is 0.658. The van der Waals surface area contributed by atoms with Crippen molar-refractivity contribution in [1.29, 1.82) is 0 Å². The van der Waals surface area contributed by atoms with E-state index >= 15 is 0 Å². The first kappa shape index (κ1) is 19.4. The molecule has 0 spiro atoms. The molecule has 1 unspecified atom stereocenters. The van der Waals surface area contributed by atoms with E-state index in [1.165, 1.54) is 11.1 Å². The van der Waals surface area contributed by atoms with E-state index in [0.29, 0.717) is 6.04 Å². The highest BCUT2D eigenvalue weighted by atomic mass is 15.1. The predicted octanol–water partition coefficient (Wildman–Crippen LogP) is 4.83. The summed E-state index contributed by atoms with van der Waals surface area (Å²) >= 11 is 0. The zero-order valence-electron chi connectivity index (χ0n) is 15.7. The minimum atomic E-state index is 0.482. The Balaban J connectivity index is 1.90. The minimum Gasteiger partial charge on any atom is -0.313 e. The molecule has 0 fully saturated rings. The van der Waals surface area contributed by atoms with Gasteiger partial charge in [-0.25, -0.2) is 0 Å². The lowest BCUT2D eigenvalue weighted by atomic mass is 10.1. The number of nitrogens with one attached hydrogen (secondary N) is 1. The van der Waals surface area contributed by atoms with Crippen molar-refractivity contribution in [3.63, 3.8) is 0 Å². The average molecular weight is 337 g/mol. The summed E-state index contributed by atoms with van der Waals surface area (Å²) in [6, 6.07) is 11.0. The van der Waals surface area contributed by atoms with Crippen molar-refractivity contribution in [3.05, 3.63) is 77.9 Å². The van der Waals surface area contributed by atoms with Crippen molar-refractivity contribution in [2.45, 2.75) is 32.7 Å². The van der Waals surface area contributed by atoms with Crippen LogP contribution in [0.3, 0.4) is 0 Å². The fourth-order valence-electron chi connectivity index (χ4n) is 3.05. The Morgan fingerprint density at radius 3 is 2.76 bits per heavy atom. The van der Waals surface area contributed by atoms with Crippen molar-refractivity contribution in [2.75, 3.05) is 26.2 Å². The van der Waals surface area contributed by atoms with Crippen LogP contribution in [0.2, 0.25) is 0 Å². The standard InChI is InChI=1S/C23H32N2/c1-3-24-23(18-12-17-21-13-10-7-11-14-21)20-25(4-2)19-22-15-8-5-6-9-16-22/h5,7-17,23-24H,3-4,6,18-20H2,1-2H3/b17-12+. The van der Waals surface area contributed by atoms with Gasteiger partial charge in [0.15, 0.2) is 0 Å². The largest absolute Gasteiger partial charge is 0.313 e. The molecule has 0 heterocycles. The average Bonchev–Trinajstić information content (AvgIpc) is 2.91. The van der Waals surface area contributed by atoms with Gasteiger partial charge in [0, 0.05) is 19.1 Å². The summed E-state index contributed by atoms with van der Waals surface area (Å²) in [5.74, 6) is 0. The number of allylic oxidation sites excluding steroid dienone is 4. The maximum Gasteiger partial charge on any atom is 0.0234 e. The van der Waals surface area contributed by atoms with Gasteiger partial charge in [0.2, 0.25) is 0 Å². The first-order valence-corrected chi connectivity index (χ1v) is 9.51. The third-order valence-corrected chi connectivity index (χ3v) is 4.41. The zero-order valence-corrected chi connectivity index (χ0v) is 15.7. The lowest BCUT2D eigenvalue weighted by molar-refractivity contribution is 0.274. The molecule has 0 aliphatic heterocycles. The topological polar surface area (TPSA) is 15.3 Å². The Hall–Kier alpha value is -1.90. The number of likely N-dealkylation sites (N-methyl/N-ethyl adjacent to an activating group) is 2. The third-order valence-electron chi connectivity index (χ3n) is 4.41. The van der Waals surface area contributed by atoms with Crippen LogP contribution >= 0.6 is 0 Å². The van der Waals surface area contributed by atoms with E-state index in [0.717, 1.165) is 39.0 Å². The molecule has 0 saturated carbocycles. The van der Waals surface area contributed by atoms with Gasteiger partial charge in [-0.3, -0.25) is 4.90 Å². The summed E-state index contributed by atoms with van der Waals surface area (Å²) in [7, 11) is 0. The molecule has 1 aromatic rings. The molecule has 25 heavy (non-hydrogen) atoms. The second-order valence-electron chi connectivity index (χ2n) is 6.44. The number of rotatable bonds is 10. The van der Waals surface area contributed by atoms with Gasteiger partial charge in [-0.05, 0) is 37.1 Å². The van der Waals surface area contributed by atoms with Crippen LogP contribution in [0.1, 0.15) is 32.3 Å². The number of benzene rings is 1. The maximum atomic E-state index is 3.64. The molecular weight excluding hydrogens is 304 g/mol. The van der Waals surface area contributed by atoms with E-state index < -0.39 is 0 Å². The van der Waals surface area contributed by atoms with Crippen LogP contribution in [0.15, 0.2) is 72.4 Å². The molecule has 2 heteroatoms. The summed E-state index contributed by atoms with van der Waals surface area (Å²) in [6.07, 6.45) is 17.7. The van der Waals surface area contributed by atoms with Gasteiger partial charge < -0.3 is 5.32 Å². The predicted molar refractivity (Wildman–Crippen MR) is 111 cm³/mol. The Kier molecular flexibility index (Phi) is 9.03. The van der Waals surface area contributed by atoms with Crippen LogP contribution in [-0.2, 0) is 0 Å². The molecule has 1 aliphatic rings. The van der Waals surface area contributed by atoms with E-state index in [-0.39, 0.29) is 0 Å². The van der Waals surface area contributed by atoms with Gasteiger partial charge in [-0.15, -0.1) is 0 Å². The summed E-state index contributed by atoms with van der Waals surface area (Å²) < 4.78 is 0. The number of hydrogen-bond acceptors (Lipinski definition) is 2. The van der Waals surface area contributed by atoms with Crippen molar-refractivity contribution in [1.82, 2.24) is 10.2 Å². The first-order valence-electron chi connectivity index (χ1n) is 9.51. The van der Waals surface area contributed by atoms with E-state index in [2.05, 4.69) is 96.9 Å². The second kappa shape index (κ2) is 11.6. The zero-order chi connectivity index (χ0) is 17.7. The summed E-state index contributed by atoms with van der Waals surface area (Å²) in [6.45, 7) is 8.59. The first-order chi connectivity index (χ1) is 12.3. The van der Waals surface area contributed by atoms with Crippen molar-refractivity contribution < 1.29 is 0 Å². The van der Waals surface area contributed by atoms with Crippen LogP contribution in [0.5, 0.6) is 0 Å². The summed E-state index contributed by atoms with van der Waals surface area (Å²) in [4.78, 5) is 2.53. The molecule has 0 aromatic heterocycles. The van der Waals surface area contributed by atoms with E-state index in [1.807, 2.05) is 0 Å². The molecule has 0 bridgehead atoms. The molecule has 0 saturated heterocycles. The third kappa shape index (κ3) is 7.68. The molecule has 0 radical (unpaired) electrons. The maximum absolute atomic E-state index is 3.64. The monoisotopic (exact) mass is 336 g/mol. The Bertz CT molecular complexity index is 596. The molecule has 0 amide bonds. The van der Waals surface area contributed by atoms with Crippen molar-refractivity contribution in [3.8, 4) is 0 Å². The van der Waals surface area contributed by atoms with Gasteiger partial charge in [0.25, 0.3) is 0 Å². The molecule has 2 nitrogen and oxygen atoms in total. The van der Waals surface area contributed by atoms with E-state index in [9.17, 15) is 0 Å². The van der Waals surface area contributed by atoms with Crippen LogP contribution in [0, 0.1) is 0 Å². The molecule has 2 rings (SSSR count). The normalized spacial score (nSPS) is 15.6. The Labute approximate surface area is 153 Å². The van der Waals surface area contributed by atoms with Gasteiger partial charge in [-0.1, -0.05) is 86.7 Å². The molecule has 1 aliphatic carbocycles. The van der Waals surface area contributed by atoms with Crippen molar-refractivity contribution in [2.24, 2.45) is 0 Å². The van der Waals surface area contributed by atoms with Crippen molar-refractivity contribution >= 4 is 6.08 Å². The Morgan fingerprint density at radius 1 is 1.16 bits per heavy atom. The fraction of sp³-hybridized carbons (Fsp3) is 0.391. The lowest BCUT2D eigenvalue weighted by Crippen LogP contribution is -2.41. The number of nitrogens with zero attached hydrogens (tertiary/aromatic N) is 1. The molecule has 1 N–H and O–H groups in total. The SMILES string of the molecule is CCNC(C/C=C/c1ccccc1)CN(CC)CC1=CC=CCC=C1. The Morgan fingerprint density at radius 2 is 2.00 bits per heavy atom. The van der Waals surface area contributed by atoms with Gasteiger partial charge in [0.1, 0.15) is 0 Å². The number of hydrogen-bond donors (Lipinski definition) is 1. The smallest absolute Gasteiger partial charge is 0.0234 e. The summed E-state index contributed by atoms with van der Waals surface area (Å²) in [5.41, 5.74) is 2.66. The molecule has 1 atom stereocenters. The highest BCUT2D eigenvalue weighted by molar-refractivity contribution is 5.48. The van der Waals surface area contributed by atoms with Crippen LogP contribution in [0.25, 0.3) is 6.08 Å². The highest BCUT2D eigenvalue weighted by Crippen LogP contribution is 2.09. The highest BCUT2D eigenvalue weighted by Gasteiger charge is 2.12. The van der Waals surface area contributed by atoms with Crippen LogP contribution < -0.4 is 5.32 Å².